The van der Waals surface area contributed by atoms with Crippen molar-refractivity contribution in [3.63, 3.8) is 0 Å². The van der Waals surface area contributed by atoms with Crippen LogP contribution in [0.1, 0.15) is 31.7 Å². The van der Waals surface area contributed by atoms with Crippen molar-refractivity contribution in [3.8, 4) is 0 Å². The van der Waals surface area contributed by atoms with Crippen LogP contribution in [0.3, 0.4) is 0 Å². The minimum atomic E-state index is -0.287. The molecule has 3 rings (SSSR count). The van der Waals surface area contributed by atoms with E-state index in [0.717, 1.165) is 36.7 Å². The van der Waals surface area contributed by atoms with E-state index in [1.54, 1.807) is 12.4 Å². The molecule has 24 heavy (non-hydrogen) atoms. The molecule has 2 N–H and O–H groups in total. The van der Waals surface area contributed by atoms with Crippen molar-refractivity contribution in [2.24, 2.45) is 0 Å². The fourth-order valence-electron chi connectivity index (χ4n) is 2.88. The highest BCUT2D eigenvalue weighted by atomic mass is 16.2. The molecule has 0 bridgehead atoms. The highest BCUT2D eigenvalue weighted by molar-refractivity contribution is 6.00. The van der Waals surface area contributed by atoms with Crippen molar-refractivity contribution in [1.82, 2.24) is 9.97 Å². The summed E-state index contributed by atoms with van der Waals surface area (Å²) in [5.41, 5.74) is 2.51. The smallest absolute Gasteiger partial charge is 0.323 e. The lowest BCUT2D eigenvalue weighted by atomic mass is 10.1. The molecule has 0 atom stereocenters. The maximum absolute atomic E-state index is 12.1. The number of rotatable bonds is 4. The quantitative estimate of drug-likeness (QED) is 0.900. The number of hydrogen-bond donors (Lipinski definition) is 2. The van der Waals surface area contributed by atoms with E-state index in [-0.39, 0.29) is 6.03 Å². The summed E-state index contributed by atoms with van der Waals surface area (Å²) in [7, 11) is 0. The summed E-state index contributed by atoms with van der Waals surface area (Å²) in [6.07, 6.45) is 7.81. The first-order valence-corrected chi connectivity index (χ1v) is 8.49. The predicted octanol–water partition coefficient (Wildman–Crippen LogP) is 3.67. The van der Waals surface area contributed by atoms with Gasteiger partial charge in [0.1, 0.15) is 0 Å². The maximum atomic E-state index is 12.1. The number of nitrogens with zero attached hydrogens (tertiary/aromatic N) is 3. The predicted molar refractivity (Wildman–Crippen MR) is 96.6 cm³/mol. The highest BCUT2D eigenvalue weighted by Gasteiger charge is 2.13. The molecule has 6 heteroatoms. The first-order valence-electron chi connectivity index (χ1n) is 8.49. The fraction of sp³-hybridized carbons (Fsp3) is 0.389. The average Bonchev–Trinajstić information content (AvgIpc) is 2.63. The van der Waals surface area contributed by atoms with Gasteiger partial charge >= 0.3 is 6.03 Å². The standard InChI is InChI=1S/C18H23N5O/c1-2-14-8-4-5-9-16(14)22-18(24)21-15-12-19-17(20-13-15)23-10-6-3-7-11-23/h4-5,8-9,12-13H,2-3,6-7,10-11H2,1H3,(H2,21,22,24). The van der Waals surface area contributed by atoms with Crippen molar-refractivity contribution in [3.05, 3.63) is 42.2 Å². The molecule has 1 aliphatic heterocycles. The molecule has 2 heterocycles. The normalized spacial score (nSPS) is 14.3. The number of anilines is 3. The third-order valence-electron chi connectivity index (χ3n) is 4.18. The van der Waals surface area contributed by atoms with E-state index in [1.807, 2.05) is 24.3 Å². The van der Waals surface area contributed by atoms with Crippen LogP contribution in [0.4, 0.5) is 22.1 Å². The van der Waals surface area contributed by atoms with Crippen molar-refractivity contribution in [2.75, 3.05) is 28.6 Å². The molecule has 0 spiro atoms. The van der Waals surface area contributed by atoms with Crippen molar-refractivity contribution in [2.45, 2.75) is 32.6 Å². The van der Waals surface area contributed by atoms with Crippen LogP contribution in [0.25, 0.3) is 0 Å². The van der Waals surface area contributed by atoms with Crippen molar-refractivity contribution < 1.29 is 4.79 Å². The van der Waals surface area contributed by atoms with E-state index >= 15 is 0 Å². The number of para-hydroxylation sites is 1. The Morgan fingerprint density at radius 3 is 2.50 bits per heavy atom. The van der Waals surface area contributed by atoms with Crippen LogP contribution in [-0.2, 0) is 6.42 Å². The molecule has 1 aromatic heterocycles. The molecule has 0 unspecified atom stereocenters. The third kappa shape index (κ3) is 4.01. The van der Waals surface area contributed by atoms with Gasteiger partial charge in [0.05, 0.1) is 18.1 Å². The molecule has 2 amide bonds. The van der Waals surface area contributed by atoms with Crippen LogP contribution in [0, 0.1) is 0 Å². The lowest BCUT2D eigenvalue weighted by Gasteiger charge is -2.26. The molecule has 1 aliphatic rings. The molecule has 0 aliphatic carbocycles. The molecule has 1 saturated heterocycles. The lowest BCUT2D eigenvalue weighted by molar-refractivity contribution is 0.262. The molecule has 1 fully saturated rings. The summed E-state index contributed by atoms with van der Waals surface area (Å²) in [5, 5.41) is 5.65. The van der Waals surface area contributed by atoms with E-state index in [0.29, 0.717) is 5.69 Å². The second-order valence-corrected chi connectivity index (χ2v) is 5.91. The number of urea groups is 1. The summed E-state index contributed by atoms with van der Waals surface area (Å²) >= 11 is 0. The van der Waals surface area contributed by atoms with Crippen LogP contribution in [0.2, 0.25) is 0 Å². The van der Waals surface area contributed by atoms with Gasteiger partial charge in [0.2, 0.25) is 5.95 Å². The number of carbonyl (C=O) groups excluding carboxylic acids is 1. The summed E-state index contributed by atoms with van der Waals surface area (Å²) < 4.78 is 0. The first-order chi connectivity index (χ1) is 11.8. The summed E-state index contributed by atoms with van der Waals surface area (Å²) in [5.74, 6) is 0.733. The molecule has 0 radical (unpaired) electrons. The van der Waals surface area contributed by atoms with Crippen molar-refractivity contribution in [1.29, 1.82) is 0 Å². The van der Waals surface area contributed by atoms with Gasteiger partial charge in [-0.05, 0) is 37.3 Å². The Labute approximate surface area is 142 Å². The molecule has 2 aromatic rings. The van der Waals surface area contributed by atoms with Crippen molar-refractivity contribution >= 4 is 23.4 Å². The molecule has 6 nitrogen and oxygen atoms in total. The van der Waals surface area contributed by atoms with Gasteiger partial charge in [0.25, 0.3) is 0 Å². The zero-order valence-electron chi connectivity index (χ0n) is 14.0. The van der Waals surface area contributed by atoms with Crippen LogP contribution in [-0.4, -0.2) is 29.1 Å². The number of aryl methyl sites for hydroxylation is 1. The van der Waals surface area contributed by atoms with Gasteiger partial charge in [-0.15, -0.1) is 0 Å². The number of benzene rings is 1. The Balaban J connectivity index is 1.60. The molecular weight excluding hydrogens is 302 g/mol. The first kappa shape index (κ1) is 16.2. The minimum absolute atomic E-state index is 0.287. The van der Waals surface area contributed by atoms with Gasteiger partial charge in [-0.1, -0.05) is 25.1 Å². The Kier molecular flexibility index (Phi) is 5.25. The summed E-state index contributed by atoms with van der Waals surface area (Å²) in [6.45, 7) is 4.06. The number of hydrogen-bond acceptors (Lipinski definition) is 4. The molecule has 0 saturated carbocycles. The van der Waals surface area contributed by atoms with Gasteiger partial charge in [-0.25, -0.2) is 14.8 Å². The monoisotopic (exact) mass is 325 g/mol. The second kappa shape index (κ2) is 7.77. The zero-order valence-corrected chi connectivity index (χ0v) is 14.0. The van der Waals surface area contributed by atoms with Gasteiger partial charge in [-0.3, -0.25) is 0 Å². The van der Waals surface area contributed by atoms with Crippen LogP contribution >= 0.6 is 0 Å². The topological polar surface area (TPSA) is 70.2 Å². The SMILES string of the molecule is CCc1ccccc1NC(=O)Nc1cnc(N2CCCCC2)nc1. The Bertz CT molecular complexity index is 680. The third-order valence-corrected chi connectivity index (χ3v) is 4.18. The molecular formula is C18H23N5O. The zero-order chi connectivity index (χ0) is 16.8. The van der Waals surface area contributed by atoms with Gasteiger partial charge in [-0.2, -0.15) is 0 Å². The second-order valence-electron chi connectivity index (χ2n) is 5.91. The maximum Gasteiger partial charge on any atom is 0.323 e. The number of amides is 2. The Hall–Kier alpha value is -2.63. The van der Waals surface area contributed by atoms with Gasteiger partial charge in [0, 0.05) is 18.8 Å². The van der Waals surface area contributed by atoms with Crippen LogP contribution < -0.4 is 15.5 Å². The summed E-state index contributed by atoms with van der Waals surface area (Å²) in [6, 6.07) is 7.49. The summed E-state index contributed by atoms with van der Waals surface area (Å²) in [4.78, 5) is 23.1. The van der Waals surface area contributed by atoms with Gasteiger partial charge in [0.15, 0.2) is 0 Å². The van der Waals surface area contributed by atoms with E-state index < -0.39 is 0 Å². The van der Waals surface area contributed by atoms with Crippen LogP contribution in [0.5, 0.6) is 0 Å². The van der Waals surface area contributed by atoms with Crippen LogP contribution in [0.15, 0.2) is 36.7 Å². The number of nitrogens with one attached hydrogen (secondary N) is 2. The lowest BCUT2D eigenvalue weighted by Crippen LogP contribution is -2.31. The Morgan fingerprint density at radius 1 is 1.08 bits per heavy atom. The molecule has 1 aromatic carbocycles. The van der Waals surface area contributed by atoms with E-state index in [4.69, 9.17) is 0 Å². The fourth-order valence-corrected chi connectivity index (χ4v) is 2.88. The molecule has 126 valence electrons. The largest absolute Gasteiger partial charge is 0.341 e. The number of carbonyl (C=O) groups is 1. The number of aromatic nitrogens is 2. The van der Waals surface area contributed by atoms with Gasteiger partial charge < -0.3 is 15.5 Å². The minimum Gasteiger partial charge on any atom is -0.341 e. The van der Waals surface area contributed by atoms with E-state index in [2.05, 4.69) is 32.4 Å². The number of piperidine rings is 1. The Morgan fingerprint density at radius 2 is 1.79 bits per heavy atom. The van der Waals surface area contributed by atoms with E-state index in [9.17, 15) is 4.79 Å². The van der Waals surface area contributed by atoms with E-state index in [1.165, 1.54) is 19.3 Å². The average molecular weight is 325 g/mol. The highest BCUT2D eigenvalue weighted by Crippen LogP contribution is 2.18.